The molecule has 0 aromatic rings. The highest BCUT2D eigenvalue weighted by Crippen LogP contribution is 2.72. The van der Waals surface area contributed by atoms with Crippen LogP contribution in [0.4, 0.5) is 4.39 Å². The first kappa shape index (κ1) is 20.6. The third-order valence-electron chi connectivity index (χ3n) is 8.73. The molecule has 0 aliphatic heterocycles. The van der Waals surface area contributed by atoms with E-state index in [0.717, 1.165) is 18.4 Å². The van der Waals surface area contributed by atoms with Crippen molar-refractivity contribution in [3.63, 3.8) is 0 Å². The van der Waals surface area contributed by atoms with E-state index in [-0.39, 0.29) is 23.5 Å². The Bertz CT molecular complexity index is 810. The molecular weight excluding hydrogens is 402 g/mol. The molecule has 3 saturated carbocycles. The van der Waals surface area contributed by atoms with E-state index in [0.29, 0.717) is 12.8 Å². The van der Waals surface area contributed by atoms with Gasteiger partial charge in [0, 0.05) is 10.8 Å². The highest BCUT2D eigenvalue weighted by atomic mass is 35.5. The van der Waals surface area contributed by atoms with Gasteiger partial charge in [0.1, 0.15) is 5.60 Å². The van der Waals surface area contributed by atoms with Crippen LogP contribution in [0, 0.1) is 28.6 Å². The number of rotatable bonds is 2. The molecule has 0 radical (unpaired) electrons. The lowest BCUT2D eigenvalue weighted by Crippen LogP contribution is -2.67. The summed E-state index contributed by atoms with van der Waals surface area (Å²) in [6, 6.07) is 0. The van der Waals surface area contributed by atoms with E-state index in [2.05, 4.69) is 0 Å². The molecule has 0 saturated heterocycles. The van der Waals surface area contributed by atoms with Gasteiger partial charge in [-0.2, -0.15) is 0 Å². The fraction of sp³-hybridized carbons (Fsp3) is 0.727. The molecule has 4 aliphatic rings. The van der Waals surface area contributed by atoms with Crippen molar-refractivity contribution >= 4 is 34.8 Å². The summed E-state index contributed by atoms with van der Waals surface area (Å²) in [4.78, 5) is 23.6. The van der Waals surface area contributed by atoms with Crippen LogP contribution in [0.2, 0.25) is 0 Å². The van der Waals surface area contributed by atoms with Crippen LogP contribution in [0.25, 0.3) is 0 Å². The van der Waals surface area contributed by atoms with Crippen molar-refractivity contribution in [1.82, 2.24) is 0 Å². The summed E-state index contributed by atoms with van der Waals surface area (Å²) in [7, 11) is 0. The van der Waals surface area contributed by atoms with Gasteiger partial charge in [-0.15, -0.1) is 23.2 Å². The summed E-state index contributed by atoms with van der Waals surface area (Å²) < 4.78 is 13.4. The number of fused-ring (bicyclic) bond motifs is 5. The summed E-state index contributed by atoms with van der Waals surface area (Å²) >= 11 is 14.4. The van der Waals surface area contributed by atoms with Crippen LogP contribution in [-0.2, 0) is 9.59 Å². The molecule has 1 N–H and O–H groups in total. The Labute approximate surface area is 175 Å². The standard InChI is InChI=1S/C22H27Cl2FO3/c1-12-8-16-15-5-4-13-9-14(26)6-7-19(13,2)21(15,24)17(23)10-20(16,3)22(12,28)18(27)11-25/h6-7,9,12,15-17,28H,4-5,8,10-11H2,1-3H3/t12-,15-,16-,17-,19-,20-,21-,22-/m0/s1. The summed E-state index contributed by atoms with van der Waals surface area (Å²) in [5.74, 6) is -1.22. The average molecular weight is 429 g/mol. The molecule has 0 heterocycles. The number of allylic oxidation sites excluding steroid dienone is 4. The van der Waals surface area contributed by atoms with Crippen LogP contribution in [0.15, 0.2) is 23.8 Å². The minimum Gasteiger partial charge on any atom is -0.381 e. The Balaban J connectivity index is 1.84. The normalized spacial score (nSPS) is 52.5. The molecule has 6 heteroatoms. The van der Waals surface area contributed by atoms with E-state index in [1.165, 1.54) is 0 Å². The maximum absolute atomic E-state index is 13.4. The van der Waals surface area contributed by atoms with Gasteiger partial charge in [0.25, 0.3) is 0 Å². The molecule has 8 atom stereocenters. The molecular formula is C22H27Cl2FO3. The zero-order valence-electron chi connectivity index (χ0n) is 16.5. The minimum atomic E-state index is -1.73. The van der Waals surface area contributed by atoms with Crippen LogP contribution < -0.4 is 0 Å². The summed E-state index contributed by atoms with van der Waals surface area (Å²) in [6.45, 7) is 4.57. The smallest absolute Gasteiger partial charge is 0.196 e. The second-order valence-electron chi connectivity index (χ2n) is 9.68. The number of halogens is 3. The average Bonchev–Trinajstić information content (AvgIpc) is 2.84. The number of hydrogen-bond acceptors (Lipinski definition) is 3. The van der Waals surface area contributed by atoms with Crippen LogP contribution >= 0.6 is 23.2 Å². The van der Waals surface area contributed by atoms with Gasteiger partial charge in [-0.25, -0.2) is 4.39 Å². The summed E-state index contributed by atoms with van der Waals surface area (Å²) in [5, 5.41) is 10.9. The Morgan fingerprint density at radius 2 is 2.04 bits per heavy atom. The van der Waals surface area contributed by atoms with Gasteiger partial charge < -0.3 is 5.11 Å². The Morgan fingerprint density at radius 3 is 2.68 bits per heavy atom. The summed E-state index contributed by atoms with van der Waals surface area (Å²) in [6.07, 6.45) is 7.54. The number of alkyl halides is 3. The zero-order valence-corrected chi connectivity index (χ0v) is 18.0. The molecule has 0 unspecified atom stereocenters. The molecule has 4 rings (SSSR count). The number of ketones is 2. The molecule has 0 aromatic heterocycles. The number of hydrogen-bond donors (Lipinski definition) is 1. The van der Waals surface area contributed by atoms with Gasteiger partial charge in [0.05, 0.1) is 10.3 Å². The zero-order chi connectivity index (χ0) is 20.7. The van der Waals surface area contributed by atoms with Crippen LogP contribution in [0.5, 0.6) is 0 Å². The van der Waals surface area contributed by atoms with Crippen molar-refractivity contribution in [2.45, 2.75) is 62.3 Å². The van der Waals surface area contributed by atoms with Gasteiger partial charge in [0.15, 0.2) is 18.2 Å². The van der Waals surface area contributed by atoms with Crippen molar-refractivity contribution < 1.29 is 19.1 Å². The third-order valence-corrected chi connectivity index (χ3v) is 10.3. The van der Waals surface area contributed by atoms with Crippen LogP contribution in [-0.4, -0.2) is 39.2 Å². The maximum Gasteiger partial charge on any atom is 0.196 e. The number of carbonyl (C=O) groups is 2. The third kappa shape index (κ3) is 2.15. The Kier molecular flexibility index (Phi) is 4.52. The lowest BCUT2D eigenvalue weighted by molar-refractivity contribution is -0.165. The number of carbonyl (C=O) groups excluding carboxylic acids is 2. The first-order valence-corrected chi connectivity index (χ1v) is 10.9. The lowest BCUT2D eigenvalue weighted by Gasteiger charge is -2.63. The van der Waals surface area contributed by atoms with E-state index < -0.39 is 39.1 Å². The highest BCUT2D eigenvalue weighted by molar-refractivity contribution is 6.34. The predicted molar refractivity (Wildman–Crippen MR) is 107 cm³/mol. The quantitative estimate of drug-likeness (QED) is 0.663. The first-order chi connectivity index (χ1) is 13.0. The topological polar surface area (TPSA) is 54.4 Å². The van der Waals surface area contributed by atoms with E-state index in [1.807, 2.05) is 26.8 Å². The highest BCUT2D eigenvalue weighted by Gasteiger charge is 2.74. The second kappa shape index (κ2) is 6.15. The van der Waals surface area contributed by atoms with E-state index in [9.17, 15) is 19.1 Å². The molecule has 4 aliphatic carbocycles. The summed E-state index contributed by atoms with van der Waals surface area (Å²) in [5.41, 5.74) is -2.11. The molecule has 0 amide bonds. The monoisotopic (exact) mass is 428 g/mol. The largest absolute Gasteiger partial charge is 0.381 e. The maximum atomic E-state index is 13.4. The van der Waals surface area contributed by atoms with Crippen molar-refractivity contribution in [1.29, 1.82) is 0 Å². The molecule has 0 aromatic carbocycles. The van der Waals surface area contributed by atoms with Gasteiger partial charge in [0.2, 0.25) is 0 Å². The van der Waals surface area contributed by atoms with Crippen molar-refractivity contribution in [2.24, 2.45) is 28.6 Å². The van der Waals surface area contributed by atoms with Crippen molar-refractivity contribution in [2.75, 3.05) is 6.67 Å². The van der Waals surface area contributed by atoms with Gasteiger partial charge in [-0.05, 0) is 55.6 Å². The molecule has 28 heavy (non-hydrogen) atoms. The Morgan fingerprint density at radius 1 is 1.36 bits per heavy atom. The van der Waals surface area contributed by atoms with Gasteiger partial charge >= 0.3 is 0 Å². The molecule has 154 valence electrons. The van der Waals surface area contributed by atoms with Crippen LogP contribution in [0.1, 0.15) is 46.5 Å². The first-order valence-electron chi connectivity index (χ1n) is 10.1. The fourth-order valence-electron chi connectivity index (χ4n) is 7.18. The SMILES string of the molecule is C[C@H]1C[C@H]2[C@@H]3CCC4=CC(=O)C=C[C@]4(C)[C@@]3(Cl)[C@@H](Cl)C[C@]2(C)[C@@]1(O)C(=O)CF. The fourth-order valence-corrected chi connectivity index (χ4v) is 8.41. The van der Waals surface area contributed by atoms with Crippen molar-refractivity contribution in [3.8, 4) is 0 Å². The Hall–Kier alpha value is -0.710. The van der Waals surface area contributed by atoms with Crippen LogP contribution in [0.3, 0.4) is 0 Å². The molecule has 3 fully saturated rings. The van der Waals surface area contributed by atoms with E-state index >= 15 is 0 Å². The minimum absolute atomic E-state index is 0.0321. The molecule has 0 spiro atoms. The van der Waals surface area contributed by atoms with Gasteiger partial charge in [-0.3, -0.25) is 9.59 Å². The second-order valence-corrected chi connectivity index (χ2v) is 10.8. The van der Waals surface area contributed by atoms with E-state index in [4.69, 9.17) is 23.2 Å². The number of aliphatic hydroxyl groups is 1. The molecule has 3 nitrogen and oxygen atoms in total. The molecule has 0 bridgehead atoms. The van der Waals surface area contributed by atoms with Crippen molar-refractivity contribution in [3.05, 3.63) is 23.8 Å². The van der Waals surface area contributed by atoms with Gasteiger partial charge in [-0.1, -0.05) is 32.4 Å². The number of Topliss-reactive ketones (excluding diaryl/α,β-unsaturated/α-hetero) is 1. The predicted octanol–water partition coefficient (Wildman–Crippen LogP) is 4.39. The van der Waals surface area contributed by atoms with E-state index in [1.54, 1.807) is 12.2 Å². The lowest BCUT2D eigenvalue weighted by atomic mass is 9.46.